The van der Waals surface area contributed by atoms with Crippen LogP contribution in [0.4, 0.5) is 9.59 Å². The number of hydrogen-bond acceptors (Lipinski definition) is 17. The molecule has 6 aromatic rings. The van der Waals surface area contributed by atoms with E-state index in [1.54, 1.807) is 114 Å². The van der Waals surface area contributed by atoms with E-state index in [2.05, 4.69) is 26.6 Å². The molecule has 3 aliphatic heterocycles. The summed E-state index contributed by atoms with van der Waals surface area (Å²) >= 11 is 0. The van der Waals surface area contributed by atoms with Crippen molar-refractivity contribution < 1.29 is 75.7 Å². The van der Waals surface area contributed by atoms with Crippen molar-refractivity contribution in [2.75, 3.05) is 33.9 Å². The maximum Gasteiger partial charge on any atom is 0.408 e. The summed E-state index contributed by atoms with van der Waals surface area (Å²) in [5.41, 5.74) is 9.61. The monoisotopic (exact) mass is 1390 g/mol. The van der Waals surface area contributed by atoms with Crippen molar-refractivity contribution in [3.63, 3.8) is 0 Å². The van der Waals surface area contributed by atoms with Gasteiger partial charge in [0.25, 0.3) is 0 Å². The van der Waals surface area contributed by atoms with Crippen LogP contribution in [0.2, 0.25) is 0 Å². The molecule has 0 radical (unpaired) electrons. The minimum Gasteiger partial charge on any atom is -0.508 e. The summed E-state index contributed by atoms with van der Waals surface area (Å²) in [6, 6.07) is 12.1. The SMILES string of the molecule is CC(C)[C@H](NC(=O)[C@H](C)NC(=O)OC(C)(C)C)C(=O)N1CCC[C@H]1Cc1coc2ccc(O)cc12.COc1ccc2occ(C[C@@H]3CCCN3C(=O)[C@@H](NC(=O)[C@H](C)N)C(C)C)c2c1.COc1ccc2occ(C[C@@H]3CCCN3C(=O)[C@@H](NC(=O)[C@H](C)NC(=O)OC(C)(C)C)C(C)C)c2c1. The second-order valence-electron chi connectivity index (χ2n) is 29.5. The molecule has 8 N–H and O–H groups in total. The summed E-state index contributed by atoms with van der Waals surface area (Å²) < 4.78 is 38.2. The number of ether oxygens (including phenoxy) is 4. The number of alkyl carbamates (subject to hydrolysis) is 2. The molecule has 100 heavy (non-hydrogen) atoms. The quantitative estimate of drug-likeness (QED) is 0.0332. The Morgan fingerprint density at radius 2 is 0.790 bits per heavy atom. The molecule has 8 amide bonds. The Bertz CT molecular complexity index is 3800. The van der Waals surface area contributed by atoms with Crippen LogP contribution < -0.4 is 41.8 Å². The molecular formula is C75H107N9O16. The molecule has 0 bridgehead atoms. The predicted octanol–water partition coefficient (Wildman–Crippen LogP) is 10.2. The average Bonchev–Trinajstić information content (AvgIpc) is 1.63. The largest absolute Gasteiger partial charge is 0.508 e. The molecule has 0 unspecified atom stereocenters. The van der Waals surface area contributed by atoms with E-state index in [1.807, 2.05) is 92.6 Å². The van der Waals surface area contributed by atoms with E-state index in [1.165, 1.54) is 0 Å². The normalized spacial score (nSPS) is 18.1. The Hall–Kier alpha value is -9.00. The van der Waals surface area contributed by atoms with Gasteiger partial charge in [-0.2, -0.15) is 0 Å². The Kier molecular flexibility index (Phi) is 26.9. The molecule has 0 aliphatic carbocycles. The highest BCUT2D eigenvalue weighted by molar-refractivity contribution is 5.94. The van der Waals surface area contributed by atoms with Crippen molar-refractivity contribution in [3.05, 3.63) is 90.1 Å². The van der Waals surface area contributed by atoms with Crippen molar-refractivity contribution in [1.29, 1.82) is 0 Å². The number of phenols is 1. The van der Waals surface area contributed by atoms with E-state index < -0.39 is 71.5 Å². The maximum atomic E-state index is 13.6. The van der Waals surface area contributed by atoms with Crippen LogP contribution in [-0.4, -0.2) is 167 Å². The van der Waals surface area contributed by atoms with Crippen LogP contribution in [-0.2, 0) is 57.5 Å². The van der Waals surface area contributed by atoms with E-state index in [9.17, 15) is 43.5 Å². The first-order chi connectivity index (χ1) is 47.1. The van der Waals surface area contributed by atoms with Gasteiger partial charge in [-0.15, -0.1) is 0 Å². The third kappa shape index (κ3) is 21.0. The molecule has 25 nitrogen and oxygen atoms in total. The van der Waals surface area contributed by atoms with Crippen molar-refractivity contribution in [2.45, 2.75) is 227 Å². The van der Waals surface area contributed by atoms with Gasteiger partial charge >= 0.3 is 12.2 Å². The molecule has 3 aliphatic rings. The zero-order valence-electron chi connectivity index (χ0n) is 61.3. The Morgan fingerprint density at radius 1 is 0.480 bits per heavy atom. The smallest absolute Gasteiger partial charge is 0.408 e. The summed E-state index contributed by atoms with van der Waals surface area (Å²) in [6.07, 6.45) is 11.1. The number of carbonyl (C=O) groups is 8. The van der Waals surface area contributed by atoms with Crippen LogP contribution in [0.3, 0.4) is 0 Å². The maximum absolute atomic E-state index is 13.6. The third-order valence-corrected chi connectivity index (χ3v) is 18.1. The van der Waals surface area contributed by atoms with Crippen molar-refractivity contribution in [3.8, 4) is 17.2 Å². The molecular weight excluding hydrogens is 1280 g/mol. The Labute approximate surface area is 586 Å². The fourth-order valence-corrected chi connectivity index (χ4v) is 12.7. The van der Waals surface area contributed by atoms with Gasteiger partial charge in [0, 0.05) is 70.6 Å². The topological polar surface area (TPSA) is 329 Å². The number of nitrogens with zero attached hydrogens (tertiary/aromatic N) is 3. The van der Waals surface area contributed by atoms with E-state index >= 15 is 0 Å². The zero-order chi connectivity index (χ0) is 73.7. The fourth-order valence-electron chi connectivity index (χ4n) is 12.7. The molecule has 9 atom stereocenters. The van der Waals surface area contributed by atoms with Gasteiger partial charge in [0.2, 0.25) is 35.4 Å². The van der Waals surface area contributed by atoms with Gasteiger partial charge in [-0.05, 0) is 192 Å². The number of fused-ring (bicyclic) bond motifs is 3. The third-order valence-electron chi connectivity index (χ3n) is 18.1. The first-order valence-electron chi connectivity index (χ1n) is 34.9. The molecule has 3 saturated heterocycles. The lowest BCUT2D eigenvalue weighted by Gasteiger charge is -2.31. The average molecular weight is 1390 g/mol. The van der Waals surface area contributed by atoms with Crippen LogP contribution >= 0.6 is 0 Å². The van der Waals surface area contributed by atoms with Gasteiger partial charge in [0.05, 0.1) is 39.1 Å². The lowest BCUT2D eigenvalue weighted by atomic mass is 9.99. The van der Waals surface area contributed by atoms with Crippen LogP contribution in [0.5, 0.6) is 17.2 Å². The van der Waals surface area contributed by atoms with Gasteiger partial charge in [-0.25, -0.2) is 9.59 Å². The van der Waals surface area contributed by atoms with Crippen molar-refractivity contribution in [1.82, 2.24) is 41.3 Å². The molecule has 3 aromatic carbocycles. The number of nitrogens with two attached hydrogens (primary N) is 1. The summed E-state index contributed by atoms with van der Waals surface area (Å²) in [6.45, 7) is 28.6. The number of rotatable bonds is 22. The van der Waals surface area contributed by atoms with E-state index in [0.717, 1.165) is 94.0 Å². The highest BCUT2D eigenvalue weighted by Crippen LogP contribution is 2.34. The number of hydrogen-bond donors (Lipinski definition) is 7. The summed E-state index contributed by atoms with van der Waals surface area (Å²) in [5.74, 6) is -0.0924. The van der Waals surface area contributed by atoms with Crippen LogP contribution in [0.15, 0.2) is 86.6 Å². The Balaban J connectivity index is 0.000000212. The molecule has 25 heteroatoms. The van der Waals surface area contributed by atoms with E-state index in [0.29, 0.717) is 44.5 Å². The van der Waals surface area contributed by atoms with Gasteiger partial charge in [-0.3, -0.25) is 28.8 Å². The lowest BCUT2D eigenvalue weighted by molar-refractivity contribution is -0.139. The number of likely N-dealkylation sites (tertiary alicyclic amines) is 3. The first-order valence-corrected chi connectivity index (χ1v) is 34.9. The zero-order valence-corrected chi connectivity index (χ0v) is 61.3. The van der Waals surface area contributed by atoms with Crippen LogP contribution in [0.25, 0.3) is 32.9 Å². The summed E-state index contributed by atoms with van der Waals surface area (Å²) in [7, 11) is 3.27. The highest BCUT2D eigenvalue weighted by atomic mass is 16.6. The van der Waals surface area contributed by atoms with Gasteiger partial charge in [0.15, 0.2) is 0 Å². The second kappa shape index (κ2) is 34.4. The molecule has 3 fully saturated rings. The number of methoxy groups -OCH3 is 2. The second-order valence-corrected chi connectivity index (χ2v) is 29.5. The molecule has 3 aromatic heterocycles. The first kappa shape index (κ1) is 78.3. The van der Waals surface area contributed by atoms with Crippen LogP contribution in [0, 0.1) is 17.8 Å². The molecule has 6 heterocycles. The predicted molar refractivity (Wildman–Crippen MR) is 380 cm³/mol. The number of furan rings is 3. The Morgan fingerprint density at radius 3 is 1.09 bits per heavy atom. The number of nitrogens with one attached hydrogen (secondary N) is 5. The highest BCUT2D eigenvalue weighted by Gasteiger charge is 2.40. The summed E-state index contributed by atoms with van der Waals surface area (Å²) in [5, 5.41) is 26.2. The molecule has 9 rings (SSSR count). The van der Waals surface area contributed by atoms with Crippen molar-refractivity contribution >= 4 is 80.5 Å². The number of carbonyl (C=O) groups excluding carboxylic acids is 8. The van der Waals surface area contributed by atoms with Crippen molar-refractivity contribution in [2.24, 2.45) is 23.5 Å². The molecule has 0 spiro atoms. The lowest BCUT2D eigenvalue weighted by Crippen LogP contribution is -2.56. The van der Waals surface area contributed by atoms with E-state index in [-0.39, 0.29) is 65.3 Å². The van der Waals surface area contributed by atoms with Gasteiger partial charge in [0.1, 0.15) is 75.4 Å². The summed E-state index contributed by atoms with van der Waals surface area (Å²) in [4.78, 5) is 108. The minimum absolute atomic E-state index is 0.0000325. The van der Waals surface area contributed by atoms with Crippen LogP contribution in [0.1, 0.15) is 159 Å². The number of benzene rings is 3. The molecule has 0 saturated carbocycles. The number of phenolic OH excluding ortho intramolecular Hbond substituents is 1. The molecule has 548 valence electrons. The standard InChI is InChI=1S/C27H39N3O6.C26H37N3O6.C22H31N3O4/c1-16(2)23(29-24(31)17(3)28-26(33)36-27(4,5)6)25(32)30-12-8-9-19(30)13-18-15-35-22-11-10-20(34-7)14-21(18)22;1-15(2)22(28-23(31)16(3)27-25(33)35-26(4,5)6)24(32)29-11-7-8-18(29)12-17-14-34-21-10-9-19(30)13-20(17)21;1-13(2)20(24-21(26)14(3)23)22(27)25-9-5-6-16(25)10-15-12-29-19-8-7-17(28-4)11-18(15)19/h10-11,14-17,19,23H,8-9,12-13H2,1-7H3,(H,28,33)(H,29,31);9-10,13-16,18,22,30H,7-8,11-12H2,1-6H3,(H,27,33)(H,28,31);7-8,11-14,16,20H,5-6,9-10,23H2,1-4H3,(H,24,26)/t17-,19-,23-;16-,18-,22-;14-,16-,20-/m000/s1. The number of amides is 8. The number of aromatic hydroxyl groups is 1. The minimum atomic E-state index is -0.863. The van der Waals surface area contributed by atoms with E-state index in [4.69, 9.17) is 37.9 Å². The van der Waals surface area contributed by atoms with Gasteiger partial charge in [-0.1, -0.05) is 41.5 Å². The van der Waals surface area contributed by atoms with Gasteiger partial charge < -0.3 is 84.3 Å². The fraction of sp³-hybridized carbons (Fsp3) is 0.573.